The third-order valence-electron chi connectivity index (χ3n) is 5.42. The molecule has 162 valence electrons. The summed E-state index contributed by atoms with van der Waals surface area (Å²) in [5.41, 5.74) is 3.58. The Morgan fingerprint density at radius 2 is 1.57 bits per heavy atom. The fraction of sp³-hybridized carbons (Fsp3) is 0.435. The van der Waals surface area contributed by atoms with Gasteiger partial charge in [-0.15, -0.1) is 0 Å². The minimum absolute atomic E-state index is 0.0401. The lowest BCUT2D eigenvalue weighted by Gasteiger charge is -2.30. The van der Waals surface area contributed by atoms with E-state index < -0.39 is 10.0 Å². The van der Waals surface area contributed by atoms with E-state index in [4.69, 9.17) is 0 Å². The number of piperidine rings is 1. The SMILES string of the molecule is Cc1ccc(CSCCNC(=O)C2CCN(S(=O)(=O)c3ccc(C)cc3)CC2)cc1. The number of aryl methyl sites for hydroxylation is 2. The fourth-order valence-corrected chi connectivity index (χ4v) is 5.77. The Labute approximate surface area is 184 Å². The van der Waals surface area contributed by atoms with Crippen LogP contribution in [0.25, 0.3) is 0 Å². The Morgan fingerprint density at radius 1 is 1.00 bits per heavy atom. The lowest BCUT2D eigenvalue weighted by atomic mass is 9.97. The summed E-state index contributed by atoms with van der Waals surface area (Å²) in [5.74, 6) is 1.72. The van der Waals surface area contributed by atoms with Crippen LogP contribution in [0.3, 0.4) is 0 Å². The number of hydrogen-bond donors (Lipinski definition) is 1. The van der Waals surface area contributed by atoms with Crippen LogP contribution in [0.4, 0.5) is 0 Å². The van der Waals surface area contributed by atoms with Crippen LogP contribution in [0.2, 0.25) is 0 Å². The van der Waals surface area contributed by atoms with Gasteiger partial charge in [0.2, 0.25) is 15.9 Å². The van der Waals surface area contributed by atoms with Gasteiger partial charge in [0.25, 0.3) is 0 Å². The van der Waals surface area contributed by atoms with Crippen LogP contribution in [-0.4, -0.2) is 44.0 Å². The molecular formula is C23H30N2O3S2. The number of sulfonamides is 1. The first-order valence-electron chi connectivity index (χ1n) is 10.3. The smallest absolute Gasteiger partial charge is 0.243 e. The van der Waals surface area contributed by atoms with Gasteiger partial charge >= 0.3 is 0 Å². The molecule has 5 nitrogen and oxygen atoms in total. The van der Waals surface area contributed by atoms with E-state index in [0.717, 1.165) is 17.1 Å². The molecular weight excluding hydrogens is 416 g/mol. The fourth-order valence-electron chi connectivity index (χ4n) is 3.48. The summed E-state index contributed by atoms with van der Waals surface area (Å²) in [6.07, 6.45) is 1.13. The van der Waals surface area contributed by atoms with Crippen molar-refractivity contribution in [2.45, 2.75) is 37.3 Å². The van der Waals surface area contributed by atoms with Gasteiger partial charge in [-0.05, 0) is 44.4 Å². The number of carbonyl (C=O) groups excluding carboxylic acids is 1. The molecule has 1 saturated heterocycles. The monoisotopic (exact) mass is 446 g/mol. The van der Waals surface area contributed by atoms with Crippen molar-refractivity contribution in [1.29, 1.82) is 0 Å². The molecule has 0 atom stereocenters. The molecule has 1 fully saturated rings. The van der Waals surface area contributed by atoms with Gasteiger partial charge in [0.1, 0.15) is 0 Å². The van der Waals surface area contributed by atoms with Crippen LogP contribution in [0.15, 0.2) is 53.4 Å². The molecule has 2 aromatic carbocycles. The van der Waals surface area contributed by atoms with Crippen LogP contribution in [0, 0.1) is 19.8 Å². The Balaban J connectivity index is 1.38. The minimum atomic E-state index is -3.48. The zero-order chi connectivity index (χ0) is 21.6. The average Bonchev–Trinajstić information content (AvgIpc) is 2.75. The number of carbonyl (C=O) groups is 1. The molecule has 1 N–H and O–H groups in total. The van der Waals surface area contributed by atoms with Crippen LogP contribution >= 0.6 is 11.8 Å². The molecule has 7 heteroatoms. The first-order valence-corrected chi connectivity index (χ1v) is 12.9. The van der Waals surface area contributed by atoms with Gasteiger partial charge in [0.15, 0.2) is 0 Å². The van der Waals surface area contributed by atoms with E-state index in [9.17, 15) is 13.2 Å². The number of rotatable bonds is 8. The highest BCUT2D eigenvalue weighted by Crippen LogP contribution is 2.24. The van der Waals surface area contributed by atoms with E-state index in [1.807, 2.05) is 19.1 Å². The Hall–Kier alpha value is -1.83. The molecule has 0 aromatic heterocycles. The summed E-state index contributed by atoms with van der Waals surface area (Å²) in [5, 5.41) is 3.01. The van der Waals surface area contributed by atoms with Crippen LogP contribution in [0.1, 0.15) is 29.5 Å². The maximum atomic E-state index is 12.8. The second-order valence-corrected chi connectivity index (χ2v) is 10.9. The Bertz CT molecular complexity index is 933. The van der Waals surface area contributed by atoms with Crippen LogP contribution in [-0.2, 0) is 20.6 Å². The quantitative estimate of drug-likeness (QED) is 0.627. The van der Waals surface area contributed by atoms with Crippen molar-refractivity contribution in [1.82, 2.24) is 9.62 Å². The highest BCUT2D eigenvalue weighted by atomic mass is 32.2. The van der Waals surface area contributed by atoms with E-state index in [1.165, 1.54) is 15.4 Å². The molecule has 1 amide bonds. The summed E-state index contributed by atoms with van der Waals surface area (Å²) in [6, 6.07) is 15.4. The van der Waals surface area contributed by atoms with Crippen molar-refractivity contribution in [3.63, 3.8) is 0 Å². The van der Waals surface area contributed by atoms with Gasteiger partial charge in [0.05, 0.1) is 4.90 Å². The summed E-state index contributed by atoms with van der Waals surface area (Å²) < 4.78 is 27.1. The lowest BCUT2D eigenvalue weighted by Crippen LogP contribution is -2.43. The number of nitrogens with zero attached hydrogens (tertiary/aromatic N) is 1. The van der Waals surface area contributed by atoms with Gasteiger partial charge in [-0.2, -0.15) is 16.1 Å². The Kier molecular flexibility index (Phi) is 7.97. The number of hydrogen-bond acceptors (Lipinski definition) is 4. The summed E-state index contributed by atoms with van der Waals surface area (Å²) in [4.78, 5) is 12.8. The van der Waals surface area contributed by atoms with Gasteiger partial charge in [-0.1, -0.05) is 47.5 Å². The van der Waals surface area contributed by atoms with Gasteiger partial charge < -0.3 is 5.32 Å². The second-order valence-electron chi connectivity index (χ2n) is 7.82. The molecule has 0 aliphatic carbocycles. The van der Waals surface area contributed by atoms with Crippen LogP contribution < -0.4 is 5.32 Å². The zero-order valence-corrected chi connectivity index (χ0v) is 19.3. The molecule has 0 bridgehead atoms. The zero-order valence-electron chi connectivity index (χ0n) is 17.6. The molecule has 2 aromatic rings. The molecule has 30 heavy (non-hydrogen) atoms. The highest BCUT2D eigenvalue weighted by molar-refractivity contribution is 7.98. The van der Waals surface area contributed by atoms with Crippen LogP contribution in [0.5, 0.6) is 0 Å². The molecule has 3 rings (SSSR count). The molecule has 1 aliphatic rings. The van der Waals surface area contributed by atoms with E-state index in [-0.39, 0.29) is 11.8 Å². The van der Waals surface area contributed by atoms with E-state index in [1.54, 1.807) is 23.9 Å². The van der Waals surface area contributed by atoms with Crippen molar-refractivity contribution < 1.29 is 13.2 Å². The largest absolute Gasteiger partial charge is 0.355 e. The van der Waals surface area contributed by atoms with E-state index in [2.05, 4.69) is 36.5 Å². The van der Waals surface area contributed by atoms with Crippen molar-refractivity contribution >= 4 is 27.7 Å². The second kappa shape index (κ2) is 10.5. The highest BCUT2D eigenvalue weighted by Gasteiger charge is 2.31. The number of nitrogens with one attached hydrogen (secondary N) is 1. The van der Waals surface area contributed by atoms with Gasteiger partial charge in [-0.3, -0.25) is 4.79 Å². The van der Waals surface area contributed by atoms with Crippen molar-refractivity contribution in [3.8, 4) is 0 Å². The van der Waals surface area contributed by atoms with Crippen molar-refractivity contribution in [2.24, 2.45) is 5.92 Å². The summed E-state index contributed by atoms with van der Waals surface area (Å²) in [7, 11) is -3.48. The molecule has 0 radical (unpaired) electrons. The summed E-state index contributed by atoms with van der Waals surface area (Å²) in [6.45, 7) is 5.42. The topological polar surface area (TPSA) is 66.5 Å². The van der Waals surface area contributed by atoms with E-state index >= 15 is 0 Å². The van der Waals surface area contributed by atoms with Gasteiger partial charge in [0, 0.05) is 37.1 Å². The predicted molar refractivity (Wildman–Crippen MR) is 123 cm³/mol. The maximum absolute atomic E-state index is 12.8. The number of benzene rings is 2. The Morgan fingerprint density at radius 3 is 2.17 bits per heavy atom. The molecule has 1 aliphatic heterocycles. The molecule has 0 saturated carbocycles. The third kappa shape index (κ3) is 6.09. The average molecular weight is 447 g/mol. The maximum Gasteiger partial charge on any atom is 0.243 e. The summed E-state index contributed by atoms with van der Waals surface area (Å²) >= 11 is 1.80. The first-order chi connectivity index (χ1) is 14.4. The predicted octanol–water partition coefficient (Wildman–Crippen LogP) is 3.75. The molecule has 0 unspecified atom stereocenters. The molecule has 0 spiro atoms. The van der Waals surface area contributed by atoms with Gasteiger partial charge in [-0.25, -0.2) is 8.42 Å². The van der Waals surface area contributed by atoms with E-state index in [0.29, 0.717) is 37.4 Å². The third-order valence-corrected chi connectivity index (χ3v) is 8.36. The number of amides is 1. The lowest BCUT2D eigenvalue weighted by molar-refractivity contribution is -0.125. The number of thioether (sulfide) groups is 1. The first kappa shape index (κ1) is 22.8. The minimum Gasteiger partial charge on any atom is -0.355 e. The van der Waals surface area contributed by atoms with Crippen molar-refractivity contribution in [2.75, 3.05) is 25.4 Å². The normalized spacial score (nSPS) is 15.8. The standard InChI is InChI=1S/C23H30N2O3S2/c1-18-3-7-20(8-4-18)17-29-16-13-24-23(26)21-11-14-25(15-12-21)30(27,28)22-9-5-19(2)6-10-22/h3-10,21H,11-17H2,1-2H3,(H,24,26). The molecule has 1 heterocycles. The van der Waals surface area contributed by atoms with Crippen molar-refractivity contribution in [3.05, 3.63) is 65.2 Å².